The third kappa shape index (κ3) is 4.87. The molecule has 1 saturated carbocycles. The van der Waals surface area contributed by atoms with Crippen LogP contribution in [0, 0.1) is 17.2 Å². The lowest BCUT2D eigenvalue weighted by molar-refractivity contribution is -0.134. The molecule has 7 nitrogen and oxygen atoms in total. The summed E-state index contributed by atoms with van der Waals surface area (Å²) < 4.78 is 14.5. The summed E-state index contributed by atoms with van der Waals surface area (Å²) in [5.74, 6) is 0.0687. The molecule has 3 aromatic rings. The van der Waals surface area contributed by atoms with Gasteiger partial charge in [-0.05, 0) is 55.9 Å². The van der Waals surface area contributed by atoms with Crippen LogP contribution in [-0.2, 0) is 11.2 Å². The minimum Gasteiger partial charge on any atom is -0.370 e. The normalized spacial score (nSPS) is 19.7. The second-order valence-electron chi connectivity index (χ2n) is 11.5. The Bertz CT molecular complexity index is 1500. The van der Waals surface area contributed by atoms with Gasteiger partial charge in [0, 0.05) is 67.7 Å². The van der Waals surface area contributed by atoms with Crippen molar-refractivity contribution in [3.05, 3.63) is 71.2 Å². The first-order chi connectivity index (χ1) is 19.9. The molecule has 214 valence electrons. The van der Waals surface area contributed by atoms with Gasteiger partial charge in [0.1, 0.15) is 5.82 Å². The maximum atomic E-state index is 14.5. The van der Waals surface area contributed by atoms with E-state index in [4.69, 9.17) is 0 Å². The first-order valence-electron chi connectivity index (χ1n) is 15.0. The van der Waals surface area contributed by atoms with Crippen LogP contribution in [0.15, 0.2) is 48.7 Å². The number of nitrogens with zero attached hydrogens (tertiary/aromatic N) is 4. The van der Waals surface area contributed by atoms with Gasteiger partial charge in [0.2, 0.25) is 5.91 Å². The molecule has 0 atom stereocenters. The topological polar surface area (TPSA) is 73.8 Å². The van der Waals surface area contributed by atoms with Crippen molar-refractivity contribution >= 4 is 34.2 Å². The van der Waals surface area contributed by atoms with Crippen LogP contribution in [0.25, 0.3) is 10.9 Å². The zero-order valence-corrected chi connectivity index (χ0v) is 23.9. The summed E-state index contributed by atoms with van der Waals surface area (Å²) in [5, 5.41) is 0.611. The predicted octanol–water partition coefficient (Wildman–Crippen LogP) is 5.12. The van der Waals surface area contributed by atoms with Crippen LogP contribution < -0.4 is 4.90 Å². The van der Waals surface area contributed by atoms with E-state index in [1.807, 2.05) is 43.0 Å². The van der Waals surface area contributed by atoms with Gasteiger partial charge in [0.15, 0.2) is 5.78 Å². The lowest BCUT2D eigenvalue weighted by Crippen LogP contribution is -2.51. The van der Waals surface area contributed by atoms with Gasteiger partial charge in [0.05, 0.1) is 16.8 Å². The van der Waals surface area contributed by atoms with Crippen molar-refractivity contribution in [3.63, 3.8) is 0 Å². The Labute approximate surface area is 240 Å². The zero-order chi connectivity index (χ0) is 28.7. The van der Waals surface area contributed by atoms with E-state index in [0.29, 0.717) is 74.3 Å². The Kier molecular flexibility index (Phi) is 7.26. The summed E-state index contributed by atoms with van der Waals surface area (Å²) in [6.07, 6.45) is 5.65. The summed E-state index contributed by atoms with van der Waals surface area (Å²) >= 11 is 0. The number of pyridine rings is 1. The van der Waals surface area contributed by atoms with Crippen LogP contribution in [0.4, 0.5) is 10.1 Å². The number of anilines is 1. The number of piperidine rings is 1. The SMILES string of the molecule is CC.O=C(c1cnc2ccc(F)cc2c1N1CCC2(CC1)Cc1ccccc1C2=O)N1CCN(C(=O)C2CC2)CC1. The number of ketones is 1. The number of amides is 2. The molecule has 7 rings (SSSR count). The fraction of sp³-hybridized carbons (Fsp3) is 0.455. The molecule has 4 aliphatic rings. The average molecular weight is 557 g/mol. The van der Waals surface area contributed by atoms with E-state index in [0.717, 1.165) is 30.4 Å². The number of carbonyl (C=O) groups excluding carboxylic acids is 3. The highest BCUT2D eigenvalue weighted by Gasteiger charge is 2.47. The molecule has 1 aromatic heterocycles. The molecule has 0 unspecified atom stereocenters. The zero-order valence-electron chi connectivity index (χ0n) is 23.9. The van der Waals surface area contributed by atoms with E-state index in [-0.39, 0.29) is 29.3 Å². The van der Waals surface area contributed by atoms with Crippen LogP contribution in [0.2, 0.25) is 0 Å². The molecule has 2 aliphatic carbocycles. The number of carbonyl (C=O) groups is 3. The summed E-state index contributed by atoms with van der Waals surface area (Å²) in [5.41, 5.74) is 3.31. The van der Waals surface area contributed by atoms with Gasteiger partial charge in [-0.3, -0.25) is 19.4 Å². The smallest absolute Gasteiger partial charge is 0.257 e. The Balaban J connectivity index is 0.00000148. The Morgan fingerprint density at radius 2 is 1.61 bits per heavy atom. The molecular formula is C33H37FN4O3. The van der Waals surface area contributed by atoms with Crippen molar-refractivity contribution in [1.29, 1.82) is 0 Å². The van der Waals surface area contributed by atoms with Gasteiger partial charge >= 0.3 is 0 Å². The number of hydrogen-bond acceptors (Lipinski definition) is 5. The number of piperazine rings is 1. The molecule has 0 bridgehead atoms. The van der Waals surface area contributed by atoms with Gasteiger partial charge in [-0.25, -0.2) is 4.39 Å². The van der Waals surface area contributed by atoms with E-state index in [1.54, 1.807) is 17.2 Å². The molecule has 2 aromatic carbocycles. The second kappa shape index (κ2) is 10.9. The van der Waals surface area contributed by atoms with Crippen LogP contribution in [-0.4, -0.2) is 71.6 Å². The molecule has 3 heterocycles. The summed E-state index contributed by atoms with van der Waals surface area (Å²) in [6.45, 7) is 7.18. The van der Waals surface area contributed by atoms with E-state index in [1.165, 1.54) is 12.1 Å². The number of aromatic nitrogens is 1. The highest BCUT2D eigenvalue weighted by molar-refractivity contribution is 6.08. The first-order valence-corrected chi connectivity index (χ1v) is 15.0. The van der Waals surface area contributed by atoms with Gasteiger partial charge in [0.25, 0.3) is 5.91 Å². The molecule has 2 saturated heterocycles. The first kappa shape index (κ1) is 27.4. The van der Waals surface area contributed by atoms with Gasteiger partial charge < -0.3 is 14.7 Å². The van der Waals surface area contributed by atoms with Gasteiger partial charge in [-0.2, -0.15) is 0 Å². The number of halogens is 1. The van der Waals surface area contributed by atoms with Crippen molar-refractivity contribution in [2.45, 2.75) is 46.0 Å². The van der Waals surface area contributed by atoms with E-state index >= 15 is 0 Å². The minimum absolute atomic E-state index is 0.146. The van der Waals surface area contributed by atoms with Crippen molar-refractivity contribution in [3.8, 4) is 0 Å². The maximum absolute atomic E-state index is 14.5. The monoisotopic (exact) mass is 556 g/mol. The standard InChI is InChI=1S/C31H31FN4O3.C2H6/c32-22-7-8-26-24(17-22)27(34-11-9-31(10-12-34)18-21-3-1-2-4-23(21)28(31)37)25(19-33-26)30(39)36-15-13-35(14-16-36)29(38)20-5-6-20;1-2/h1-4,7-8,17,19-20H,5-6,9-16,18H2;1-2H3. The van der Waals surface area contributed by atoms with Crippen LogP contribution in [0.3, 0.4) is 0 Å². The molecule has 41 heavy (non-hydrogen) atoms. The minimum atomic E-state index is -0.414. The molecule has 0 N–H and O–H groups in total. The lowest BCUT2D eigenvalue weighted by atomic mass is 9.75. The van der Waals surface area contributed by atoms with Crippen LogP contribution >= 0.6 is 0 Å². The molecule has 8 heteroatoms. The Morgan fingerprint density at radius 3 is 2.29 bits per heavy atom. The largest absolute Gasteiger partial charge is 0.370 e. The average Bonchev–Trinajstić information content (AvgIpc) is 3.83. The number of fused-ring (bicyclic) bond motifs is 2. The predicted molar refractivity (Wildman–Crippen MR) is 157 cm³/mol. The number of hydrogen-bond donors (Lipinski definition) is 0. The summed E-state index contributed by atoms with van der Waals surface area (Å²) in [6, 6.07) is 12.4. The highest BCUT2D eigenvalue weighted by Crippen LogP contribution is 2.46. The second-order valence-corrected chi connectivity index (χ2v) is 11.5. The number of rotatable bonds is 3. The molecule has 2 amide bonds. The van der Waals surface area contributed by atoms with Crippen molar-refractivity contribution in [2.24, 2.45) is 11.3 Å². The molecule has 2 aliphatic heterocycles. The van der Waals surface area contributed by atoms with Gasteiger partial charge in [-0.15, -0.1) is 0 Å². The molecule has 1 spiro atoms. The fourth-order valence-electron chi connectivity index (χ4n) is 6.73. The Morgan fingerprint density at radius 1 is 0.927 bits per heavy atom. The Hall–Kier alpha value is -3.81. The van der Waals surface area contributed by atoms with E-state index in [9.17, 15) is 18.8 Å². The quantitative estimate of drug-likeness (QED) is 0.448. The van der Waals surface area contributed by atoms with Crippen LogP contribution in [0.1, 0.15) is 65.8 Å². The third-order valence-electron chi connectivity index (χ3n) is 9.15. The maximum Gasteiger partial charge on any atom is 0.257 e. The van der Waals surface area contributed by atoms with Crippen molar-refractivity contribution < 1.29 is 18.8 Å². The number of Topliss-reactive ketones (excluding diaryl/α,β-unsaturated/α-hetero) is 1. The van der Waals surface area contributed by atoms with E-state index < -0.39 is 5.41 Å². The molecule has 3 fully saturated rings. The van der Waals surface area contributed by atoms with Crippen molar-refractivity contribution in [2.75, 3.05) is 44.2 Å². The van der Waals surface area contributed by atoms with Crippen LogP contribution in [0.5, 0.6) is 0 Å². The lowest BCUT2D eigenvalue weighted by Gasteiger charge is -2.41. The highest BCUT2D eigenvalue weighted by atomic mass is 19.1. The molecular weight excluding hydrogens is 519 g/mol. The van der Waals surface area contributed by atoms with Crippen molar-refractivity contribution in [1.82, 2.24) is 14.8 Å². The number of benzene rings is 2. The fourth-order valence-corrected chi connectivity index (χ4v) is 6.73. The molecule has 0 radical (unpaired) electrons. The summed E-state index contributed by atoms with van der Waals surface area (Å²) in [7, 11) is 0. The van der Waals surface area contributed by atoms with E-state index in [2.05, 4.69) is 9.88 Å². The summed E-state index contributed by atoms with van der Waals surface area (Å²) in [4.78, 5) is 50.1. The third-order valence-corrected chi connectivity index (χ3v) is 9.15. The van der Waals surface area contributed by atoms with Gasteiger partial charge in [-0.1, -0.05) is 38.1 Å².